The van der Waals surface area contributed by atoms with Crippen LogP contribution in [-0.4, -0.2) is 21.5 Å². The predicted octanol–water partition coefficient (Wildman–Crippen LogP) is 2.50. The Kier molecular flexibility index (Phi) is 3.04. The van der Waals surface area contributed by atoms with E-state index < -0.39 is 0 Å². The average molecular weight is 244 g/mol. The lowest BCUT2D eigenvalue weighted by atomic mass is 9.82. The second kappa shape index (κ2) is 4.69. The van der Waals surface area contributed by atoms with Crippen LogP contribution in [0.25, 0.3) is 11.2 Å². The van der Waals surface area contributed by atoms with Crippen LogP contribution in [-0.2, 0) is 0 Å². The van der Waals surface area contributed by atoms with E-state index in [-0.39, 0.29) is 0 Å². The Balaban J connectivity index is 1.82. The molecule has 2 aromatic rings. The van der Waals surface area contributed by atoms with Crippen molar-refractivity contribution in [2.24, 2.45) is 11.7 Å². The summed E-state index contributed by atoms with van der Waals surface area (Å²) in [4.78, 5) is 12.5. The van der Waals surface area contributed by atoms with Gasteiger partial charge in [0.2, 0.25) is 0 Å². The van der Waals surface area contributed by atoms with Crippen molar-refractivity contribution in [2.75, 3.05) is 6.54 Å². The zero-order valence-corrected chi connectivity index (χ0v) is 10.8. The maximum absolute atomic E-state index is 5.73. The Bertz CT molecular complexity index is 538. The van der Waals surface area contributed by atoms with Crippen LogP contribution >= 0.6 is 0 Å². The number of aromatic nitrogens is 3. The van der Waals surface area contributed by atoms with E-state index in [2.05, 4.69) is 21.0 Å². The highest BCUT2D eigenvalue weighted by Gasteiger charge is 2.23. The number of nitrogens with zero attached hydrogens (tertiary/aromatic N) is 2. The quantitative estimate of drug-likeness (QED) is 0.853. The van der Waals surface area contributed by atoms with Crippen LogP contribution in [0.3, 0.4) is 0 Å². The Morgan fingerprint density at radius 2 is 2.00 bits per heavy atom. The van der Waals surface area contributed by atoms with E-state index in [4.69, 9.17) is 5.73 Å². The molecular formula is C14H20N4. The molecule has 96 valence electrons. The van der Waals surface area contributed by atoms with Gasteiger partial charge in [-0.05, 0) is 57.2 Å². The molecule has 0 unspecified atom stereocenters. The number of imidazole rings is 1. The van der Waals surface area contributed by atoms with Crippen LogP contribution in [0.1, 0.15) is 43.1 Å². The molecule has 1 fully saturated rings. The summed E-state index contributed by atoms with van der Waals surface area (Å²) in [5, 5.41) is 0. The Morgan fingerprint density at radius 3 is 2.72 bits per heavy atom. The molecule has 0 saturated heterocycles. The molecule has 2 heterocycles. The number of nitrogens with one attached hydrogen (secondary N) is 1. The summed E-state index contributed by atoms with van der Waals surface area (Å²) in [5.41, 5.74) is 8.66. The van der Waals surface area contributed by atoms with Crippen molar-refractivity contribution in [3.8, 4) is 0 Å². The summed E-state index contributed by atoms with van der Waals surface area (Å²) in [6, 6.07) is 4.09. The second-order valence-electron chi connectivity index (χ2n) is 5.40. The number of rotatable bonds is 2. The minimum atomic E-state index is 0.558. The normalized spacial score (nSPS) is 24.6. The molecule has 0 aromatic carbocycles. The summed E-state index contributed by atoms with van der Waals surface area (Å²) in [6.07, 6.45) is 4.84. The summed E-state index contributed by atoms with van der Waals surface area (Å²) in [6.45, 7) is 2.83. The van der Waals surface area contributed by atoms with Gasteiger partial charge in [-0.1, -0.05) is 0 Å². The Morgan fingerprint density at radius 1 is 1.22 bits per heavy atom. The van der Waals surface area contributed by atoms with E-state index in [1.807, 2.05) is 13.0 Å². The minimum Gasteiger partial charge on any atom is -0.340 e. The van der Waals surface area contributed by atoms with Crippen molar-refractivity contribution in [1.29, 1.82) is 0 Å². The number of aryl methyl sites for hydroxylation is 1. The van der Waals surface area contributed by atoms with Crippen LogP contribution in [0.15, 0.2) is 12.1 Å². The lowest BCUT2D eigenvalue weighted by molar-refractivity contribution is 0.326. The van der Waals surface area contributed by atoms with Crippen molar-refractivity contribution in [1.82, 2.24) is 15.0 Å². The topological polar surface area (TPSA) is 67.6 Å². The molecule has 18 heavy (non-hydrogen) atoms. The fourth-order valence-electron chi connectivity index (χ4n) is 2.87. The van der Waals surface area contributed by atoms with Crippen LogP contribution < -0.4 is 5.73 Å². The zero-order chi connectivity index (χ0) is 12.5. The summed E-state index contributed by atoms with van der Waals surface area (Å²) in [5.74, 6) is 2.38. The van der Waals surface area contributed by atoms with Gasteiger partial charge in [-0.25, -0.2) is 9.97 Å². The van der Waals surface area contributed by atoms with Crippen molar-refractivity contribution >= 4 is 11.2 Å². The van der Waals surface area contributed by atoms with Gasteiger partial charge in [-0.3, -0.25) is 0 Å². The predicted molar refractivity (Wildman–Crippen MR) is 72.4 cm³/mol. The van der Waals surface area contributed by atoms with Gasteiger partial charge >= 0.3 is 0 Å². The van der Waals surface area contributed by atoms with Gasteiger partial charge in [0.1, 0.15) is 5.82 Å². The molecular weight excluding hydrogens is 224 g/mol. The lowest BCUT2D eigenvalue weighted by Crippen LogP contribution is -2.21. The molecule has 0 amide bonds. The Labute approximate surface area is 107 Å². The monoisotopic (exact) mass is 244 g/mol. The molecule has 4 nitrogen and oxygen atoms in total. The van der Waals surface area contributed by atoms with E-state index in [1.54, 1.807) is 0 Å². The van der Waals surface area contributed by atoms with Crippen molar-refractivity contribution in [3.05, 3.63) is 23.7 Å². The molecule has 2 aromatic heterocycles. The maximum Gasteiger partial charge on any atom is 0.177 e. The van der Waals surface area contributed by atoms with E-state index in [1.165, 1.54) is 25.7 Å². The fraction of sp³-hybridized carbons (Fsp3) is 0.571. The number of hydrogen-bond acceptors (Lipinski definition) is 3. The fourth-order valence-corrected chi connectivity index (χ4v) is 2.87. The lowest BCUT2D eigenvalue weighted by Gasteiger charge is -2.26. The molecule has 3 rings (SSSR count). The first kappa shape index (κ1) is 11.7. The van der Waals surface area contributed by atoms with E-state index >= 15 is 0 Å². The van der Waals surface area contributed by atoms with Crippen LogP contribution in [0.2, 0.25) is 0 Å². The van der Waals surface area contributed by atoms with Gasteiger partial charge in [0, 0.05) is 11.6 Å². The van der Waals surface area contributed by atoms with Crippen LogP contribution in [0.4, 0.5) is 0 Å². The van der Waals surface area contributed by atoms with Gasteiger partial charge < -0.3 is 10.7 Å². The first-order chi connectivity index (χ1) is 8.76. The van der Waals surface area contributed by atoms with Crippen LogP contribution in [0.5, 0.6) is 0 Å². The highest BCUT2D eigenvalue weighted by molar-refractivity contribution is 5.70. The number of fused-ring (bicyclic) bond motifs is 1. The molecule has 0 radical (unpaired) electrons. The van der Waals surface area contributed by atoms with Crippen molar-refractivity contribution in [3.63, 3.8) is 0 Å². The third-order valence-corrected chi connectivity index (χ3v) is 4.07. The van der Waals surface area contributed by atoms with Gasteiger partial charge in [-0.15, -0.1) is 0 Å². The van der Waals surface area contributed by atoms with E-state index in [9.17, 15) is 0 Å². The van der Waals surface area contributed by atoms with Gasteiger partial charge in [-0.2, -0.15) is 0 Å². The SMILES string of the molecule is Cc1ccc2[nH]c(C3CCC(CN)CC3)nc2n1. The van der Waals surface area contributed by atoms with E-state index in [0.29, 0.717) is 11.8 Å². The van der Waals surface area contributed by atoms with Crippen molar-refractivity contribution < 1.29 is 0 Å². The molecule has 1 aliphatic carbocycles. The average Bonchev–Trinajstić information content (AvgIpc) is 2.81. The van der Waals surface area contributed by atoms with Gasteiger partial charge in [0.25, 0.3) is 0 Å². The smallest absolute Gasteiger partial charge is 0.177 e. The molecule has 0 spiro atoms. The van der Waals surface area contributed by atoms with Crippen molar-refractivity contribution in [2.45, 2.75) is 38.5 Å². The molecule has 3 N–H and O–H groups in total. The molecule has 1 aliphatic rings. The molecule has 1 saturated carbocycles. The number of pyridine rings is 1. The highest BCUT2D eigenvalue weighted by Crippen LogP contribution is 2.34. The summed E-state index contributed by atoms with van der Waals surface area (Å²) < 4.78 is 0. The number of aromatic amines is 1. The summed E-state index contributed by atoms with van der Waals surface area (Å²) in [7, 11) is 0. The number of nitrogens with two attached hydrogens (primary N) is 1. The highest BCUT2D eigenvalue weighted by atomic mass is 15.0. The molecule has 4 heteroatoms. The molecule has 0 aliphatic heterocycles. The minimum absolute atomic E-state index is 0.558. The Hall–Kier alpha value is -1.42. The maximum atomic E-state index is 5.73. The van der Waals surface area contributed by atoms with E-state index in [0.717, 1.165) is 29.2 Å². The molecule has 0 atom stereocenters. The third-order valence-electron chi connectivity index (χ3n) is 4.07. The van der Waals surface area contributed by atoms with Gasteiger partial charge in [0.15, 0.2) is 5.65 Å². The van der Waals surface area contributed by atoms with Gasteiger partial charge in [0.05, 0.1) is 5.52 Å². The summed E-state index contributed by atoms with van der Waals surface area (Å²) >= 11 is 0. The second-order valence-corrected chi connectivity index (χ2v) is 5.40. The zero-order valence-electron chi connectivity index (χ0n) is 10.8. The number of H-pyrrole nitrogens is 1. The largest absolute Gasteiger partial charge is 0.340 e. The van der Waals surface area contributed by atoms with Crippen LogP contribution in [0, 0.1) is 12.8 Å². The number of hydrogen-bond donors (Lipinski definition) is 2. The molecule has 0 bridgehead atoms. The standard InChI is InChI=1S/C14H20N4/c1-9-2-7-12-14(16-9)18-13(17-12)11-5-3-10(8-15)4-6-11/h2,7,10-11H,3-6,8,15H2,1H3,(H,16,17,18). The first-order valence-corrected chi connectivity index (χ1v) is 6.79. The third kappa shape index (κ3) is 2.12. The first-order valence-electron chi connectivity index (χ1n) is 6.79.